The van der Waals surface area contributed by atoms with Crippen LogP contribution in [0.3, 0.4) is 0 Å². The van der Waals surface area contributed by atoms with Gasteiger partial charge in [-0.15, -0.1) is 0 Å². The molecule has 2 aliphatic carbocycles. The van der Waals surface area contributed by atoms with Gasteiger partial charge in [0.1, 0.15) is 42.4 Å². The molecule has 4 unspecified atom stereocenters. The summed E-state index contributed by atoms with van der Waals surface area (Å²) in [5.41, 5.74) is 4.98. The van der Waals surface area contributed by atoms with E-state index in [2.05, 4.69) is 50.1 Å². The first-order chi connectivity index (χ1) is 31.0. The van der Waals surface area contributed by atoms with Crippen LogP contribution in [0.4, 0.5) is 5.82 Å². The van der Waals surface area contributed by atoms with E-state index in [0.717, 1.165) is 25.7 Å². The lowest BCUT2D eigenvalue weighted by molar-refractivity contribution is -0.152. The Morgan fingerprint density at radius 1 is 0.738 bits per heavy atom. The van der Waals surface area contributed by atoms with Gasteiger partial charge in [0.25, 0.3) is 11.9 Å². The number of amidine groups is 1. The Balaban J connectivity index is 1.54. The van der Waals surface area contributed by atoms with E-state index >= 15 is 0 Å². The Morgan fingerprint density at radius 3 is 1.80 bits per heavy atom. The number of hydrogen-bond donors (Lipinski definition) is 5. The fourth-order valence-corrected chi connectivity index (χ4v) is 9.62. The van der Waals surface area contributed by atoms with E-state index in [1.807, 2.05) is 26.0 Å². The van der Waals surface area contributed by atoms with E-state index in [4.69, 9.17) is 39.0 Å². The number of aliphatic imine (C=N–C) groups is 1. The number of amides is 1. The molecule has 346 valence electrons. The third-order valence-electron chi connectivity index (χ3n) is 12.0. The van der Waals surface area contributed by atoms with Crippen LogP contribution in [-0.4, -0.2) is 82.8 Å². The Bertz CT molecular complexity index is 2330. The largest absolute Gasteiger partial charge is 0.480 e. The number of anilines is 1. The van der Waals surface area contributed by atoms with E-state index in [0.29, 0.717) is 39.8 Å². The third-order valence-corrected chi connectivity index (χ3v) is 12.0. The average molecular weight is 895 g/mol. The van der Waals surface area contributed by atoms with Gasteiger partial charge in [-0.3, -0.25) is 4.79 Å². The van der Waals surface area contributed by atoms with Crippen molar-refractivity contribution in [3.8, 4) is 11.1 Å². The summed E-state index contributed by atoms with van der Waals surface area (Å²) in [6, 6.07) is 18.0. The molecule has 1 amide bonds. The van der Waals surface area contributed by atoms with E-state index in [1.165, 1.54) is 0 Å². The summed E-state index contributed by atoms with van der Waals surface area (Å²) in [5.74, 6) is -4.12. The highest BCUT2D eigenvalue weighted by Gasteiger charge is 2.40. The lowest BCUT2D eigenvalue weighted by Gasteiger charge is -2.37. The molecule has 16 nitrogen and oxygen atoms in total. The molecule has 5 N–H and O–H groups in total. The molecule has 0 saturated heterocycles. The molecular weight excluding hydrogens is 837 g/mol. The summed E-state index contributed by atoms with van der Waals surface area (Å²) in [7, 11) is 0. The van der Waals surface area contributed by atoms with Crippen LogP contribution in [0.2, 0.25) is 0 Å². The molecule has 0 radical (unpaired) electrons. The van der Waals surface area contributed by atoms with E-state index in [9.17, 15) is 24.0 Å². The standard InChI is InChI=1S/C49H58N4O12/c1-26-18-28(3)44(29(4)19-26)63-48(59)42-40(33-14-10-8-11-15-33)35(50-46(42)52-37(54)23-61-24-38(55)56)22-36-41(34-16-12-9-13-17-34)43(47(51-36)53-65-32(7)62-25-39(57)58)49(60)64-45-30(5)20-27(2)21-31(45)6/h8-17,22,26-31,44-45,51,53H,7,18-21,23-25H2,1-6H3,(H,55,56)(H,57,58)(H,50,52,54). The van der Waals surface area contributed by atoms with Gasteiger partial charge in [-0.25, -0.2) is 29.7 Å². The molecule has 0 bridgehead atoms. The number of esters is 2. The molecule has 3 aliphatic rings. The molecular formula is C49H58N4O12. The summed E-state index contributed by atoms with van der Waals surface area (Å²) in [6.45, 7) is 14.1. The van der Waals surface area contributed by atoms with Crippen molar-refractivity contribution in [1.82, 2.24) is 10.3 Å². The first kappa shape index (κ1) is 47.8. The molecule has 2 fully saturated rings. The van der Waals surface area contributed by atoms with Crippen molar-refractivity contribution in [2.45, 2.75) is 79.4 Å². The van der Waals surface area contributed by atoms with Crippen molar-refractivity contribution in [3.63, 3.8) is 0 Å². The van der Waals surface area contributed by atoms with Crippen LogP contribution in [-0.2, 0) is 43.0 Å². The fraction of sp³-hybridized carbons (Fsp3) is 0.429. The van der Waals surface area contributed by atoms with Crippen LogP contribution in [0.15, 0.2) is 89.5 Å². The summed E-state index contributed by atoms with van der Waals surface area (Å²) in [5, 5.41) is 21.0. The topological polar surface area (TPSA) is 224 Å². The van der Waals surface area contributed by atoms with E-state index in [-0.39, 0.29) is 52.2 Å². The second-order valence-corrected chi connectivity index (χ2v) is 17.6. The number of carboxylic acids is 2. The molecule has 2 saturated carbocycles. The monoisotopic (exact) mass is 894 g/mol. The van der Waals surface area contributed by atoms with Crippen LogP contribution in [0.25, 0.3) is 22.8 Å². The van der Waals surface area contributed by atoms with Gasteiger partial charge in [0.2, 0.25) is 0 Å². The van der Waals surface area contributed by atoms with Crippen molar-refractivity contribution < 1.29 is 58.0 Å². The molecule has 4 atom stereocenters. The Hall–Kier alpha value is -6.68. The van der Waals surface area contributed by atoms with Gasteiger partial charge >= 0.3 is 23.9 Å². The van der Waals surface area contributed by atoms with Gasteiger partial charge in [-0.2, -0.15) is 0 Å². The predicted molar refractivity (Wildman–Crippen MR) is 242 cm³/mol. The Morgan fingerprint density at radius 2 is 1.26 bits per heavy atom. The maximum Gasteiger partial charge on any atom is 0.342 e. The number of carboxylic acid groups (broad SMARTS) is 2. The van der Waals surface area contributed by atoms with Crippen molar-refractivity contribution in [1.29, 1.82) is 0 Å². The number of carbonyl (C=O) groups is 5. The summed E-state index contributed by atoms with van der Waals surface area (Å²) in [6.07, 6.45) is 4.22. The van der Waals surface area contributed by atoms with Gasteiger partial charge in [0, 0.05) is 11.1 Å². The Labute approximate surface area is 378 Å². The average Bonchev–Trinajstić information content (AvgIpc) is 3.79. The normalized spacial score (nSPS) is 24.7. The minimum absolute atomic E-state index is 0.00993. The first-order valence-electron chi connectivity index (χ1n) is 21.9. The number of nitrogens with one attached hydrogen (secondary N) is 3. The zero-order valence-corrected chi connectivity index (χ0v) is 37.6. The highest BCUT2D eigenvalue weighted by atomic mass is 16.8. The summed E-state index contributed by atoms with van der Waals surface area (Å²) in [4.78, 5) is 78.8. The van der Waals surface area contributed by atoms with Crippen LogP contribution >= 0.6 is 0 Å². The Kier molecular flexibility index (Phi) is 15.7. The molecule has 0 spiro atoms. The number of aliphatic carboxylic acids is 2. The predicted octanol–water partition coefficient (Wildman–Crippen LogP) is 7.86. The van der Waals surface area contributed by atoms with Gasteiger partial charge < -0.3 is 44.3 Å². The lowest BCUT2D eigenvalue weighted by Crippen LogP contribution is -2.40. The van der Waals surface area contributed by atoms with Crippen LogP contribution in [0, 0.1) is 35.5 Å². The van der Waals surface area contributed by atoms with Gasteiger partial charge in [0.15, 0.2) is 12.4 Å². The zero-order valence-electron chi connectivity index (χ0n) is 37.6. The van der Waals surface area contributed by atoms with Crippen LogP contribution in [0.5, 0.6) is 0 Å². The molecule has 16 heteroatoms. The second kappa shape index (κ2) is 21.3. The number of hydrogen-bond acceptors (Lipinski definition) is 12. The van der Waals surface area contributed by atoms with Crippen molar-refractivity contribution in [2.24, 2.45) is 40.5 Å². The minimum atomic E-state index is -1.26. The number of nitrogens with zero attached hydrogens (tertiary/aromatic N) is 1. The molecule has 2 heterocycles. The zero-order chi connectivity index (χ0) is 46.9. The van der Waals surface area contributed by atoms with Crippen molar-refractivity contribution in [3.05, 3.63) is 101 Å². The van der Waals surface area contributed by atoms with Gasteiger partial charge in [-0.05, 0) is 85.0 Å². The number of allylic oxidation sites excluding steroid dienone is 1. The maximum atomic E-state index is 14.7. The summed E-state index contributed by atoms with van der Waals surface area (Å²) < 4.78 is 22.9. The highest BCUT2D eigenvalue weighted by Crippen LogP contribution is 2.43. The smallest absolute Gasteiger partial charge is 0.342 e. The quantitative estimate of drug-likeness (QED) is 0.0495. The van der Waals surface area contributed by atoms with E-state index in [1.54, 1.807) is 54.6 Å². The molecule has 65 heavy (non-hydrogen) atoms. The number of ether oxygens (including phenoxy) is 4. The minimum Gasteiger partial charge on any atom is -0.480 e. The number of benzene rings is 2. The lowest BCUT2D eigenvalue weighted by atomic mass is 9.75. The molecule has 1 aliphatic heterocycles. The van der Waals surface area contributed by atoms with Crippen LogP contribution in [0.1, 0.15) is 88.8 Å². The third kappa shape index (κ3) is 11.9. The molecule has 6 rings (SSSR count). The molecule has 3 aromatic rings. The van der Waals surface area contributed by atoms with Crippen LogP contribution < -0.4 is 10.8 Å². The molecule has 2 aromatic carbocycles. The van der Waals surface area contributed by atoms with Crippen molar-refractivity contribution >= 4 is 53.1 Å². The molecule has 1 aromatic heterocycles. The highest BCUT2D eigenvalue weighted by molar-refractivity contribution is 6.31. The number of carbonyl (C=O) groups excluding carboxylic acids is 3. The SMILES string of the molecule is C=C(OCC(=O)O)ONc1[nH]c(C=C2N=C(NC(=O)COCC(=O)O)C(C(=O)OC3C(C)CC(C)CC3C)=C2c2ccccc2)c(-c2ccccc2)c1C(=O)OC1C(C)CC(C)CC1C. The number of aromatic amines is 1. The second-order valence-electron chi connectivity index (χ2n) is 17.6. The van der Waals surface area contributed by atoms with E-state index < -0.39 is 67.8 Å². The van der Waals surface area contributed by atoms with Crippen molar-refractivity contribution in [2.75, 3.05) is 25.3 Å². The maximum absolute atomic E-state index is 14.7. The fourth-order valence-electron chi connectivity index (χ4n) is 9.62. The first-order valence-corrected chi connectivity index (χ1v) is 21.9. The number of rotatable bonds is 17. The number of aromatic nitrogens is 1. The summed E-state index contributed by atoms with van der Waals surface area (Å²) >= 11 is 0. The number of H-pyrrole nitrogens is 1. The van der Waals surface area contributed by atoms with Gasteiger partial charge in [0.05, 0.1) is 11.4 Å². The van der Waals surface area contributed by atoms with Gasteiger partial charge in [-0.1, -0.05) is 102 Å².